The van der Waals surface area contributed by atoms with E-state index in [-0.39, 0.29) is 5.41 Å². The fourth-order valence-electron chi connectivity index (χ4n) is 4.53. The Kier molecular flexibility index (Phi) is 2.28. The summed E-state index contributed by atoms with van der Waals surface area (Å²) in [5.41, 5.74) is 8.41. The van der Waals surface area contributed by atoms with Crippen molar-refractivity contribution in [2.45, 2.75) is 19.3 Å². The minimum Gasteiger partial charge on any atom is -0.343 e. The molecule has 1 nitrogen and oxygen atoms in total. The lowest BCUT2D eigenvalue weighted by Crippen LogP contribution is -2.16. The van der Waals surface area contributed by atoms with E-state index in [1.165, 1.54) is 44.1 Å². The van der Waals surface area contributed by atoms with Crippen LogP contribution in [0.5, 0.6) is 0 Å². The molecule has 5 rings (SSSR count). The summed E-state index contributed by atoms with van der Waals surface area (Å²) in [6, 6.07) is 22.2. The van der Waals surface area contributed by atoms with Gasteiger partial charge < -0.3 is 4.57 Å². The molecule has 0 amide bonds. The highest BCUT2D eigenvalue weighted by atomic mass is 14.9. The molecule has 112 valence electrons. The van der Waals surface area contributed by atoms with E-state index in [2.05, 4.69) is 86.1 Å². The molecule has 0 spiro atoms. The molecule has 0 fully saturated rings. The Labute approximate surface area is 136 Å². The maximum atomic E-state index is 2.37. The molecule has 3 aromatic carbocycles. The zero-order valence-electron chi connectivity index (χ0n) is 13.7. The second-order valence-corrected chi connectivity index (χ2v) is 7.13. The molecule has 0 aliphatic heterocycles. The lowest BCUT2D eigenvalue weighted by Gasteiger charge is -2.23. The largest absolute Gasteiger partial charge is 0.343 e. The third-order valence-corrected chi connectivity index (χ3v) is 5.58. The van der Waals surface area contributed by atoms with Crippen LogP contribution in [0.3, 0.4) is 0 Å². The van der Waals surface area contributed by atoms with Crippen LogP contribution in [0.25, 0.3) is 32.9 Å². The maximum absolute atomic E-state index is 2.37. The Morgan fingerprint density at radius 2 is 1.48 bits per heavy atom. The summed E-state index contributed by atoms with van der Waals surface area (Å²) in [4.78, 5) is 0. The highest BCUT2D eigenvalue weighted by molar-refractivity contribution is 6.11. The zero-order chi connectivity index (χ0) is 15.8. The van der Waals surface area contributed by atoms with E-state index in [1.807, 2.05) is 0 Å². The van der Waals surface area contributed by atoms with Gasteiger partial charge in [0.15, 0.2) is 0 Å². The molecule has 0 unspecified atom stereocenters. The van der Waals surface area contributed by atoms with Gasteiger partial charge in [0.05, 0.1) is 5.52 Å². The second kappa shape index (κ2) is 4.05. The van der Waals surface area contributed by atoms with Gasteiger partial charge in [-0.3, -0.25) is 0 Å². The van der Waals surface area contributed by atoms with Crippen molar-refractivity contribution in [3.05, 3.63) is 71.8 Å². The average Bonchev–Trinajstić information content (AvgIpc) is 2.99. The van der Waals surface area contributed by atoms with Crippen molar-refractivity contribution in [1.82, 2.24) is 4.57 Å². The summed E-state index contributed by atoms with van der Waals surface area (Å²) in [6.45, 7) is 4.71. The first-order valence-corrected chi connectivity index (χ1v) is 8.21. The lowest BCUT2D eigenvalue weighted by atomic mass is 9.81. The highest BCUT2D eigenvalue weighted by Gasteiger charge is 2.37. The van der Waals surface area contributed by atoms with Gasteiger partial charge in [0.1, 0.15) is 0 Å². The van der Waals surface area contributed by atoms with Crippen LogP contribution in [0.15, 0.2) is 60.7 Å². The van der Waals surface area contributed by atoms with Gasteiger partial charge in [-0.1, -0.05) is 68.4 Å². The Bertz CT molecular complexity index is 1100. The van der Waals surface area contributed by atoms with Crippen LogP contribution < -0.4 is 0 Å². The van der Waals surface area contributed by atoms with Crippen molar-refractivity contribution in [2.24, 2.45) is 7.05 Å². The Balaban J connectivity index is 2.04. The monoisotopic (exact) mass is 297 g/mol. The van der Waals surface area contributed by atoms with E-state index in [0.717, 1.165) is 0 Å². The number of aryl methyl sites for hydroxylation is 1. The normalized spacial score (nSPS) is 15.1. The minimum absolute atomic E-state index is 0.0353. The highest BCUT2D eigenvalue weighted by Crippen LogP contribution is 2.52. The number of aromatic nitrogens is 1. The van der Waals surface area contributed by atoms with Crippen molar-refractivity contribution < 1.29 is 0 Å². The Morgan fingerprint density at radius 1 is 0.739 bits per heavy atom. The first kappa shape index (κ1) is 13.0. The predicted molar refractivity (Wildman–Crippen MR) is 98.0 cm³/mol. The third-order valence-electron chi connectivity index (χ3n) is 5.58. The molecule has 0 saturated heterocycles. The number of fused-ring (bicyclic) bond motifs is 7. The van der Waals surface area contributed by atoms with Gasteiger partial charge in [0.2, 0.25) is 0 Å². The standard InChI is InChI=1S/C22H19N/c1-22(2)18-10-6-4-8-14(18)16-12-13-17-15-9-5-7-11-19(15)23(3)21(17)20(16)22/h4-13H,1-3H3. The van der Waals surface area contributed by atoms with E-state index >= 15 is 0 Å². The van der Waals surface area contributed by atoms with E-state index < -0.39 is 0 Å². The number of hydrogen-bond donors (Lipinski definition) is 0. The van der Waals surface area contributed by atoms with E-state index in [9.17, 15) is 0 Å². The molecule has 0 radical (unpaired) electrons. The molecule has 1 heteroatoms. The molecule has 23 heavy (non-hydrogen) atoms. The third kappa shape index (κ3) is 1.43. The topological polar surface area (TPSA) is 4.93 Å². The van der Waals surface area contributed by atoms with Gasteiger partial charge in [-0.15, -0.1) is 0 Å². The summed E-state index contributed by atoms with van der Waals surface area (Å²) in [7, 11) is 2.20. The van der Waals surface area contributed by atoms with Gasteiger partial charge in [-0.25, -0.2) is 0 Å². The van der Waals surface area contributed by atoms with Crippen LogP contribution in [-0.4, -0.2) is 4.57 Å². The molecule has 1 heterocycles. The van der Waals surface area contributed by atoms with Crippen LogP contribution in [-0.2, 0) is 12.5 Å². The average molecular weight is 297 g/mol. The predicted octanol–water partition coefficient (Wildman–Crippen LogP) is 5.64. The molecule has 0 saturated carbocycles. The van der Waals surface area contributed by atoms with Crippen molar-refractivity contribution in [3.8, 4) is 11.1 Å². The quantitative estimate of drug-likeness (QED) is 0.396. The number of hydrogen-bond acceptors (Lipinski definition) is 0. The van der Waals surface area contributed by atoms with Gasteiger partial charge in [0, 0.05) is 28.8 Å². The van der Waals surface area contributed by atoms with Crippen molar-refractivity contribution >= 4 is 21.8 Å². The zero-order valence-corrected chi connectivity index (χ0v) is 13.7. The fraction of sp³-hybridized carbons (Fsp3) is 0.182. The van der Waals surface area contributed by atoms with Gasteiger partial charge >= 0.3 is 0 Å². The Hall–Kier alpha value is -2.54. The summed E-state index contributed by atoms with van der Waals surface area (Å²) in [5, 5.41) is 2.71. The van der Waals surface area contributed by atoms with E-state index in [0.29, 0.717) is 0 Å². The second-order valence-electron chi connectivity index (χ2n) is 7.13. The van der Waals surface area contributed by atoms with Gasteiger partial charge in [-0.2, -0.15) is 0 Å². The van der Waals surface area contributed by atoms with Gasteiger partial charge in [0.25, 0.3) is 0 Å². The number of rotatable bonds is 0. The summed E-state index contributed by atoms with van der Waals surface area (Å²) in [5.74, 6) is 0. The van der Waals surface area contributed by atoms with E-state index in [4.69, 9.17) is 0 Å². The number of nitrogens with zero attached hydrogens (tertiary/aromatic N) is 1. The van der Waals surface area contributed by atoms with Crippen LogP contribution in [0, 0.1) is 0 Å². The first-order valence-electron chi connectivity index (χ1n) is 8.21. The van der Waals surface area contributed by atoms with Crippen LogP contribution >= 0.6 is 0 Å². The minimum atomic E-state index is 0.0353. The van der Waals surface area contributed by atoms with Crippen molar-refractivity contribution in [3.63, 3.8) is 0 Å². The van der Waals surface area contributed by atoms with Crippen LogP contribution in [0.1, 0.15) is 25.0 Å². The molecule has 1 aliphatic carbocycles. The molecular formula is C22H19N. The lowest BCUT2D eigenvalue weighted by molar-refractivity contribution is 0.662. The van der Waals surface area contributed by atoms with E-state index in [1.54, 1.807) is 0 Å². The summed E-state index contributed by atoms with van der Waals surface area (Å²) < 4.78 is 2.37. The molecular weight excluding hydrogens is 278 g/mol. The Morgan fingerprint density at radius 3 is 2.35 bits per heavy atom. The van der Waals surface area contributed by atoms with Gasteiger partial charge in [-0.05, 0) is 28.3 Å². The first-order chi connectivity index (χ1) is 11.1. The summed E-state index contributed by atoms with van der Waals surface area (Å²) >= 11 is 0. The van der Waals surface area contributed by atoms with Crippen molar-refractivity contribution in [1.29, 1.82) is 0 Å². The molecule has 1 aromatic heterocycles. The summed E-state index contributed by atoms with van der Waals surface area (Å²) in [6.07, 6.45) is 0. The molecule has 4 aromatic rings. The molecule has 0 bridgehead atoms. The molecule has 0 N–H and O–H groups in total. The molecule has 0 atom stereocenters. The molecule has 1 aliphatic rings. The number of benzene rings is 3. The van der Waals surface area contributed by atoms with Crippen LogP contribution in [0.4, 0.5) is 0 Å². The SMILES string of the molecule is Cn1c2ccccc2c2ccc3c(c21)C(C)(C)c1ccccc1-3. The van der Waals surface area contributed by atoms with Crippen molar-refractivity contribution in [2.75, 3.05) is 0 Å². The smallest absolute Gasteiger partial charge is 0.0536 e. The number of para-hydroxylation sites is 1. The fourth-order valence-corrected chi connectivity index (χ4v) is 4.53. The maximum Gasteiger partial charge on any atom is 0.0536 e. The van der Waals surface area contributed by atoms with Crippen LogP contribution in [0.2, 0.25) is 0 Å².